The van der Waals surface area contributed by atoms with Crippen molar-refractivity contribution >= 4 is 33.1 Å². The van der Waals surface area contributed by atoms with Crippen LogP contribution in [0.5, 0.6) is 0 Å². The summed E-state index contributed by atoms with van der Waals surface area (Å²) < 4.78 is 10.2. The lowest BCUT2D eigenvalue weighted by atomic mass is 10.2. The maximum atomic E-state index is 12.1. The van der Waals surface area contributed by atoms with E-state index in [0.717, 1.165) is 16.6 Å². The monoisotopic (exact) mass is 309 g/mol. The Kier molecular flexibility index (Phi) is 5.91. The quantitative estimate of drug-likeness (QED) is 0.724. The lowest BCUT2D eigenvalue weighted by molar-refractivity contribution is 0.0688. The summed E-state index contributed by atoms with van der Waals surface area (Å²) in [5.74, 6) is -0.160. The summed E-state index contributed by atoms with van der Waals surface area (Å²) >= 11 is 1.31. The molecular weight excluding hydrogens is 290 g/mol. The molecule has 3 N–H and O–H groups in total. The summed E-state index contributed by atoms with van der Waals surface area (Å²) in [7, 11) is 1.63. The minimum Gasteiger partial charge on any atom is -0.397 e. The molecule has 21 heavy (non-hydrogen) atoms. The number of ether oxygens (including phenoxy) is 2. The first-order valence-electron chi connectivity index (χ1n) is 6.72. The van der Waals surface area contributed by atoms with Crippen LogP contribution in [0.15, 0.2) is 18.3 Å². The van der Waals surface area contributed by atoms with Crippen molar-refractivity contribution in [3.8, 4) is 0 Å². The molecular formula is C14H19N3O3S. The van der Waals surface area contributed by atoms with Crippen LogP contribution in [0.25, 0.3) is 10.2 Å². The molecule has 0 saturated heterocycles. The van der Waals surface area contributed by atoms with Crippen LogP contribution in [-0.4, -0.2) is 44.4 Å². The second kappa shape index (κ2) is 7.92. The molecule has 2 aromatic rings. The van der Waals surface area contributed by atoms with Gasteiger partial charge in [-0.05, 0) is 18.6 Å². The zero-order valence-corrected chi connectivity index (χ0v) is 12.7. The van der Waals surface area contributed by atoms with Crippen molar-refractivity contribution < 1.29 is 14.3 Å². The number of carbonyl (C=O) groups is 1. The number of anilines is 1. The second-order valence-corrected chi connectivity index (χ2v) is 5.41. The number of thiophene rings is 1. The van der Waals surface area contributed by atoms with Gasteiger partial charge in [0.15, 0.2) is 0 Å². The van der Waals surface area contributed by atoms with E-state index in [1.165, 1.54) is 11.3 Å². The number of nitrogens with one attached hydrogen (secondary N) is 1. The molecule has 0 atom stereocenters. The Labute approximate surface area is 127 Å². The van der Waals surface area contributed by atoms with Crippen LogP contribution in [0.1, 0.15) is 16.1 Å². The lowest BCUT2D eigenvalue weighted by Crippen LogP contribution is -2.25. The number of nitrogen functional groups attached to an aromatic ring is 1. The highest BCUT2D eigenvalue weighted by Crippen LogP contribution is 2.31. The molecule has 2 heterocycles. The van der Waals surface area contributed by atoms with E-state index in [0.29, 0.717) is 36.9 Å². The number of nitrogens with zero attached hydrogens (tertiary/aromatic N) is 1. The molecule has 0 spiro atoms. The first-order valence-corrected chi connectivity index (χ1v) is 7.53. The van der Waals surface area contributed by atoms with E-state index in [1.807, 2.05) is 12.1 Å². The fourth-order valence-electron chi connectivity index (χ4n) is 1.82. The fourth-order valence-corrected chi connectivity index (χ4v) is 2.80. The first kappa shape index (κ1) is 15.7. The van der Waals surface area contributed by atoms with E-state index in [4.69, 9.17) is 15.2 Å². The predicted molar refractivity (Wildman–Crippen MR) is 83.7 cm³/mol. The van der Waals surface area contributed by atoms with Gasteiger partial charge in [-0.25, -0.2) is 4.98 Å². The Bertz CT molecular complexity index is 600. The molecule has 0 saturated carbocycles. The summed E-state index contributed by atoms with van der Waals surface area (Å²) in [6.07, 6.45) is 2.44. The van der Waals surface area contributed by atoms with Crippen LogP contribution in [0.2, 0.25) is 0 Å². The predicted octanol–water partition coefficient (Wildman–Crippen LogP) is 1.66. The molecule has 0 unspecified atom stereocenters. The summed E-state index contributed by atoms with van der Waals surface area (Å²) in [5.41, 5.74) is 6.49. The number of pyridine rings is 1. The molecule has 7 heteroatoms. The van der Waals surface area contributed by atoms with Crippen molar-refractivity contribution in [3.63, 3.8) is 0 Å². The van der Waals surface area contributed by atoms with Gasteiger partial charge in [0.2, 0.25) is 0 Å². The highest BCUT2D eigenvalue weighted by atomic mass is 32.1. The topological polar surface area (TPSA) is 86.5 Å². The molecule has 1 amide bonds. The van der Waals surface area contributed by atoms with Crippen LogP contribution in [0, 0.1) is 0 Å². The summed E-state index contributed by atoms with van der Waals surface area (Å²) in [6.45, 7) is 2.29. The van der Waals surface area contributed by atoms with E-state index in [1.54, 1.807) is 13.3 Å². The molecule has 0 aliphatic carbocycles. The normalized spacial score (nSPS) is 10.9. The maximum Gasteiger partial charge on any atom is 0.263 e. The van der Waals surface area contributed by atoms with Crippen molar-refractivity contribution in [3.05, 3.63) is 23.2 Å². The number of aromatic nitrogens is 1. The zero-order valence-electron chi connectivity index (χ0n) is 11.9. The number of carbonyl (C=O) groups excluding carboxylic acids is 1. The Hall–Kier alpha value is -1.70. The van der Waals surface area contributed by atoms with Crippen LogP contribution in [0.4, 0.5) is 5.69 Å². The number of fused-ring (bicyclic) bond motifs is 1. The molecule has 6 nitrogen and oxygen atoms in total. The standard InChI is InChI=1S/C14H19N3O3S/c1-19-8-9-20-7-3-6-16-13(18)12-11(15)10-4-2-5-17-14(10)21-12/h2,4-5H,3,6-9,15H2,1H3,(H,16,18). The number of methoxy groups -OCH3 is 1. The molecule has 0 fully saturated rings. The van der Waals surface area contributed by atoms with Gasteiger partial charge in [-0.3, -0.25) is 4.79 Å². The third kappa shape index (κ3) is 4.13. The van der Waals surface area contributed by atoms with Crippen molar-refractivity contribution in [1.29, 1.82) is 0 Å². The molecule has 0 bridgehead atoms. The number of rotatable bonds is 8. The number of hydrogen-bond donors (Lipinski definition) is 2. The van der Waals surface area contributed by atoms with E-state index in [9.17, 15) is 4.79 Å². The van der Waals surface area contributed by atoms with E-state index < -0.39 is 0 Å². The SMILES string of the molecule is COCCOCCCNC(=O)c1sc2ncccc2c1N. The van der Waals surface area contributed by atoms with Crippen LogP contribution in [-0.2, 0) is 9.47 Å². The highest BCUT2D eigenvalue weighted by molar-refractivity contribution is 7.21. The Morgan fingerprint density at radius 2 is 2.29 bits per heavy atom. The Balaban J connectivity index is 1.81. The third-order valence-corrected chi connectivity index (χ3v) is 4.02. The summed E-state index contributed by atoms with van der Waals surface area (Å²) in [5, 5.41) is 3.67. The van der Waals surface area contributed by atoms with Gasteiger partial charge in [0.05, 0.1) is 18.9 Å². The second-order valence-electron chi connectivity index (χ2n) is 4.42. The minimum absolute atomic E-state index is 0.160. The van der Waals surface area contributed by atoms with Crippen molar-refractivity contribution in [2.75, 3.05) is 39.2 Å². The number of nitrogens with two attached hydrogens (primary N) is 1. The smallest absolute Gasteiger partial charge is 0.263 e. The molecule has 114 valence electrons. The Morgan fingerprint density at radius 3 is 3.05 bits per heavy atom. The Morgan fingerprint density at radius 1 is 1.43 bits per heavy atom. The molecule has 2 aromatic heterocycles. The van der Waals surface area contributed by atoms with Gasteiger partial charge < -0.3 is 20.5 Å². The minimum atomic E-state index is -0.160. The summed E-state index contributed by atoms with van der Waals surface area (Å²) in [6, 6.07) is 3.68. The van der Waals surface area contributed by atoms with Gasteiger partial charge in [-0.1, -0.05) is 0 Å². The highest BCUT2D eigenvalue weighted by Gasteiger charge is 2.16. The molecule has 2 rings (SSSR count). The number of amides is 1. The van der Waals surface area contributed by atoms with E-state index in [2.05, 4.69) is 10.3 Å². The van der Waals surface area contributed by atoms with Gasteiger partial charge in [0.1, 0.15) is 9.71 Å². The van der Waals surface area contributed by atoms with Crippen LogP contribution in [0.3, 0.4) is 0 Å². The average molecular weight is 309 g/mol. The van der Waals surface area contributed by atoms with E-state index in [-0.39, 0.29) is 5.91 Å². The molecule has 0 aromatic carbocycles. The molecule has 0 radical (unpaired) electrons. The van der Waals surface area contributed by atoms with Crippen molar-refractivity contribution in [2.24, 2.45) is 0 Å². The van der Waals surface area contributed by atoms with Gasteiger partial charge in [-0.15, -0.1) is 11.3 Å². The van der Waals surface area contributed by atoms with Gasteiger partial charge >= 0.3 is 0 Å². The third-order valence-electron chi connectivity index (χ3n) is 2.89. The largest absolute Gasteiger partial charge is 0.397 e. The zero-order chi connectivity index (χ0) is 15.1. The van der Waals surface area contributed by atoms with Gasteiger partial charge in [0, 0.05) is 31.8 Å². The number of hydrogen-bond acceptors (Lipinski definition) is 6. The molecule has 0 aliphatic rings. The van der Waals surface area contributed by atoms with Crippen molar-refractivity contribution in [1.82, 2.24) is 10.3 Å². The van der Waals surface area contributed by atoms with Gasteiger partial charge in [-0.2, -0.15) is 0 Å². The van der Waals surface area contributed by atoms with Crippen LogP contribution >= 0.6 is 11.3 Å². The van der Waals surface area contributed by atoms with Gasteiger partial charge in [0.25, 0.3) is 5.91 Å². The summed E-state index contributed by atoms with van der Waals surface area (Å²) in [4.78, 5) is 17.6. The fraction of sp³-hybridized carbons (Fsp3) is 0.429. The lowest BCUT2D eigenvalue weighted by Gasteiger charge is -2.05. The first-order chi connectivity index (χ1) is 10.2. The van der Waals surface area contributed by atoms with Crippen LogP contribution < -0.4 is 11.1 Å². The average Bonchev–Trinajstić information content (AvgIpc) is 2.84. The van der Waals surface area contributed by atoms with Crippen molar-refractivity contribution in [2.45, 2.75) is 6.42 Å². The molecule has 0 aliphatic heterocycles. The maximum absolute atomic E-state index is 12.1. The van der Waals surface area contributed by atoms with E-state index >= 15 is 0 Å².